The Balaban J connectivity index is 2.17. The van der Waals surface area contributed by atoms with Gasteiger partial charge in [0, 0.05) is 17.0 Å². The van der Waals surface area contributed by atoms with Gasteiger partial charge in [0.15, 0.2) is 0 Å². The van der Waals surface area contributed by atoms with E-state index in [1.54, 1.807) is 12.3 Å². The van der Waals surface area contributed by atoms with Gasteiger partial charge in [0.1, 0.15) is 5.82 Å². The molecule has 0 N–H and O–H groups in total. The predicted molar refractivity (Wildman–Crippen MR) is 83.3 cm³/mol. The van der Waals surface area contributed by atoms with Crippen molar-refractivity contribution in [1.29, 1.82) is 5.26 Å². The van der Waals surface area contributed by atoms with Crippen molar-refractivity contribution in [3.63, 3.8) is 0 Å². The maximum atomic E-state index is 9.10. The van der Waals surface area contributed by atoms with Crippen LogP contribution >= 0.6 is 0 Å². The summed E-state index contributed by atoms with van der Waals surface area (Å²) in [6, 6.07) is 22.2. The van der Waals surface area contributed by atoms with Gasteiger partial charge in [-0.3, -0.25) is 4.57 Å². The SMILES string of the molecule is N#Cc1ccnc(-n2c3ccccc3c3ccccc32)c1. The van der Waals surface area contributed by atoms with Crippen LogP contribution in [0.2, 0.25) is 0 Å². The average Bonchev–Trinajstić information content (AvgIpc) is 2.89. The van der Waals surface area contributed by atoms with Gasteiger partial charge < -0.3 is 0 Å². The van der Waals surface area contributed by atoms with Gasteiger partial charge in [-0.1, -0.05) is 36.4 Å². The van der Waals surface area contributed by atoms with E-state index in [0.717, 1.165) is 16.9 Å². The molecule has 98 valence electrons. The number of nitriles is 1. The number of benzene rings is 2. The summed E-state index contributed by atoms with van der Waals surface area (Å²) in [5, 5.41) is 11.5. The maximum absolute atomic E-state index is 9.10. The summed E-state index contributed by atoms with van der Waals surface area (Å²) in [6.07, 6.45) is 1.68. The smallest absolute Gasteiger partial charge is 0.138 e. The molecule has 2 aromatic carbocycles. The monoisotopic (exact) mass is 269 g/mol. The van der Waals surface area contributed by atoms with Crippen LogP contribution in [0.5, 0.6) is 0 Å². The first kappa shape index (κ1) is 11.7. The van der Waals surface area contributed by atoms with Crippen molar-refractivity contribution in [2.24, 2.45) is 0 Å². The zero-order chi connectivity index (χ0) is 14.2. The second-order valence-corrected chi connectivity index (χ2v) is 4.88. The second-order valence-electron chi connectivity index (χ2n) is 4.88. The molecule has 4 rings (SSSR count). The van der Waals surface area contributed by atoms with Crippen LogP contribution in [0, 0.1) is 11.3 Å². The Kier molecular flexibility index (Phi) is 2.48. The number of hydrogen-bond donors (Lipinski definition) is 0. The van der Waals surface area contributed by atoms with Crippen molar-refractivity contribution in [1.82, 2.24) is 9.55 Å². The lowest BCUT2D eigenvalue weighted by atomic mass is 10.2. The molecule has 0 aliphatic carbocycles. The highest BCUT2D eigenvalue weighted by Gasteiger charge is 2.12. The van der Waals surface area contributed by atoms with Gasteiger partial charge in [0.05, 0.1) is 22.7 Å². The molecule has 0 saturated heterocycles. The molecule has 0 spiro atoms. The molecule has 0 unspecified atom stereocenters. The van der Waals surface area contributed by atoms with Crippen LogP contribution in [-0.2, 0) is 0 Å². The Bertz CT molecular complexity index is 953. The molecule has 0 aliphatic heterocycles. The fourth-order valence-corrected chi connectivity index (χ4v) is 2.78. The molecular weight excluding hydrogens is 258 g/mol. The van der Waals surface area contributed by atoms with Crippen LogP contribution in [0.4, 0.5) is 0 Å². The number of pyridine rings is 1. The molecular formula is C18H11N3. The van der Waals surface area contributed by atoms with Crippen molar-refractivity contribution in [3.8, 4) is 11.9 Å². The van der Waals surface area contributed by atoms with Crippen molar-refractivity contribution in [2.75, 3.05) is 0 Å². The fourth-order valence-electron chi connectivity index (χ4n) is 2.78. The van der Waals surface area contributed by atoms with E-state index in [-0.39, 0.29) is 0 Å². The van der Waals surface area contributed by atoms with Crippen molar-refractivity contribution >= 4 is 21.8 Å². The molecule has 3 nitrogen and oxygen atoms in total. The first-order valence-electron chi connectivity index (χ1n) is 6.73. The minimum Gasteiger partial charge on any atom is -0.294 e. The average molecular weight is 269 g/mol. The third-order valence-electron chi connectivity index (χ3n) is 3.68. The number of nitrogens with zero attached hydrogens (tertiary/aromatic N) is 3. The van der Waals surface area contributed by atoms with Crippen LogP contribution in [0.15, 0.2) is 66.9 Å². The van der Waals surface area contributed by atoms with Crippen molar-refractivity contribution in [2.45, 2.75) is 0 Å². The molecule has 0 atom stereocenters. The largest absolute Gasteiger partial charge is 0.294 e. The molecule has 0 fully saturated rings. The van der Waals surface area contributed by atoms with Gasteiger partial charge in [-0.15, -0.1) is 0 Å². The second kappa shape index (κ2) is 4.46. The lowest BCUT2D eigenvalue weighted by Crippen LogP contribution is -1.97. The van der Waals surface area contributed by atoms with E-state index < -0.39 is 0 Å². The van der Waals surface area contributed by atoms with E-state index >= 15 is 0 Å². The van der Waals surface area contributed by atoms with Crippen LogP contribution in [0.25, 0.3) is 27.6 Å². The van der Waals surface area contributed by atoms with E-state index in [4.69, 9.17) is 5.26 Å². The molecule has 0 saturated carbocycles. The molecule has 0 radical (unpaired) electrons. The summed E-state index contributed by atoms with van der Waals surface area (Å²) >= 11 is 0. The summed E-state index contributed by atoms with van der Waals surface area (Å²) < 4.78 is 2.10. The van der Waals surface area contributed by atoms with Crippen LogP contribution in [-0.4, -0.2) is 9.55 Å². The first-order chi connectivity index (χ1) is 10.4. The highest BCUT2D eigenvalue weighted by atomic mass is 15.1. The van der Waals surface area contributed by atoms with E-state index in [1.165, 1.54) is 10.8 Å². The molecule has 21 heavy (non-hydrogen) atoms. The zero-order valence-corrected chi connectivity index (χ0v) is 11.2. The Labute approximate surface area is 121 Å². The lowest BCUT2D eigenvalue weighted by molar-refractivity contribution is 1.08. The van der Waals surface area contributed by atoms with E-state index in [0.29, 0.717) is 5.56 Å². The van der Waals surface area contributed by atoms with Crippen molar-refractivity contribution < 1.29 is 0 Å². The number of para-hydroxylation sites is 2. The maximum Gasteiger partial charge on any atom is 0.138 e. The van der Waals surface area contributed by atoms with Gasteiger partial charge in [-0.05, 0) is 24.3 Å². The normalized spacial score (nSPS) is 10.8. The van der Waals surface area contributed by atoms with Gasteiger partial charge in [0.2, 0.25) is 0 Å². The zero-order valence-electron chi connectivity index (χ0n) is 11.2. The summed E-state index contributed by atoms with van der Waals surface area (Å²) in [5.74, 6) is 0.770. The lowest BCUT2D eigenvalue weighted by Gasteiger charge is -2.06. The third kappa shape index (κ3) is 1.70. The molecule has 0 aliphatic rings. The van der Waals surface area contributed by atoms with Crippen LogP contribution in [0.3, 0.4) is 0 Å². The minimum atomic E-state index is 0.613. The Morgan fingerprint density at radius 1 is 0.857 bits per heavy atom. The third-order valence-corrected chi connectivity index (χ3v) is 3.68. The number of fused-ring (bicyclic) bond motifs is 3. The summed E-state index contributed by atoms with van der Waals surface area (Å²) in [7, 11) is 0. The van der Waals surface area contributed by atoms with Crippen LogP contribution in [0.1, 0.15) is 5.56 Å². The molecule has 2 heterocycles. The summed E-state index contributed by atoms with van der Waals surface area (Å²) in [6.45, 7) is 0. The molecule has 4 aromatic rings. The highest BCUT2D eigenvalue weighted by molar-refractivity contribution is 6.09. The van der Waals surface area contributed by atoms with Gasteiger partial charge in [0.25, 0.3) is 0 Å². The number of hydrogen-bond acceptors (Lipinski definition) is 2. The molecule has 0 bridgehead atoms. The summed E-state index contributed by atoms with van der Waals surface area (Å²) in [4.78, 5) is 4.44. The van der Waals surface area contributed by atoms with Crippen molar-refractivity contribution in [3.05, 3.63) is 72.4 Å². The minimum absolute atomic E-state index is 0.613. The van der Waals surface area contributed by atoms with Gasteiger partial charge in [-0.25, -0.2) is 4.98 Å². The van der Waals surface area contributed by atoms with E-state index in [1.807, 2.05) is 30.3 Å². The number of rotatable bonds is 1. The van der Waals surface area contributed by atoms with Gasteiger partial charge >= 0.3 is 0 Å². The fraction of sp³-hybridized carbons (Fsp3) is 0. The van der Waals surface area contributed by atoms with Crippen LogP contribution < -0.4 is 0 Å². The quantitative estimate of drug-likeness (QED) is 0.523. The summed E-state index contributed by atoms with van der Waals surface area (Å²) in [5.41, 5.74) is 2.81. The van der Waals surface area contributed by atoms with E-state index in [9.17, 15) is 0 Å². The van der Waals surface area contributed by atoms with Gasteiger partial charge in [-0.2, -0.15) is 5.26 Å². The first-order valence-corrected chi connectivity index (χ1v) is 6.73. The topological polar surface area (TPSA) is 41.6 Å². The standard InChI is InChI=1S/C18H11N3/c19-12-13-9-10-20-18(11-13)21-16-7-3-1-5-14(16)15-6-2-4-8-17(15)21/h1-11H. The molecule has 2 aromatic heterocycles. The Hall–Kier alpha value is -3.12. The Morgan fingerprint density at radius 3 is 2.10 bits per heavy atom. The highest BCUT2D eigenvalue weighted by Crippen LogP contribution is 2.30. The number of aromatic nitrogens is 2. The molecule has 3 heteroatoms. The predicted octanol–water partition coefficient (Wildman–Crippen LogP) is 4.05. The van der Waals surface area contributed by atoms with E-state index in [2.05, 4.69) is 39.9 Å². The Morgan fingerprint density at radius 2 is 1.48 bits per heavy atom. The molecule has 0 amide bonds.